The predicted molar refractivity (Wildman–Crippen MR) is 68.2 cm³/mol. The minimum Gasteiger partial charge on any atom is -0.379 e. The summed E-state index contributed by atoms with van der Waals surface area (Å²) in [6.45, 7) is 9.06. The van der Waals surface area contributed by atoms with Gasteiger partial charge in [0.25, 0.3) is 0 Å². The molecule has 0 saturated carbocycles. The van der Waals surface area contributed by atoms with Crippen LogP contribution >= 0.6 is 11.5 Å². The highest BCUT2D eigenvalue weighted by atomic mass is 32.1. The molecular weight excluding hydrogens is 236 g/mol. The smallest absolute Gasteiger partial charge is 0.0769 e. The summed E-state index contributed by atoms with van der Waals surface area (Å²) in [5, 5.41) is 7.44. The average Bonchev–Trinajstić information content (AvgIpc) is 2.76. The second kappa shape index (κ2) is 7.00. The molecule has 1 aromatic heterocycles. The molecule has 2 rings (SSSR count). The summed E-state index contributed by atoms with van der Waals surface area (Å²) in [5.41, 5.74) is 1.05. The van der Waals surface area contributed by atoms with Gasteiger partial charge in [0.05, 0.1) is 23.8 Å². The molecule has 0 unspecified atom stereocenters. The summed E-state index contributed by atoms with van der Waals surface area (Å²) >= 11 is 1.49. The van der Waals surface area contributed by atoms with Crippen molar-refractivity contribution in [1.82, 2.24) is 19.8 Å². The van der Waals surface area contributed by atoms with E-state index in [1.54, 1.807) is 0 Å². The van der Waals surface area contributed by atoms with Gasteiger partial charge in [0.15, 0.2) is 0 Å². The van der Waals surface area contributed by atoms with Crippen LogP contribution in [0.25, 0.3) is 0 Å². The van der Waals surface area contributed by atoms with Crippen LogP contribution in [0.5, 0.6) is 0 Å². The van der Waals surface area contributed by atoms with Crippen LogP contribution in [0.4, 0.5) is 0 Å². The Kier molecular flexibility index (Phi) is 5.31. The molecule has 1 fully saturated rings. The lowest BCUT2D eigenvalue weighted by Crippen LogP contribution is -2.37. The molecule has 0 aromatic carbocycles. The van der Waals surface area contributed by atoms with Crippen molar-refractivity contribution in [2.75, 3.05) is 39.4 Å². The van der Waals surface area contributed by atoms with E-state index in [0.717, 1.165) is 51.6 Å². The summed E-state index contributed by atoms with van der Waals surface area (Å²) < 4.78 is 9.24. The fourth-order valence-electron chi connectivity index (χ4n) is 1.87. The van der Waals surface area contributed by atoms with Gasteiger partial charge in [0.2, 0.25) is 0 Å². The maximum absolute atomic E-state index is 5.32. The molecule has 1 aromatic rings. The molecule has 6 heteroatoms. The van der Waals surface area contributed by atoms with Crippen LogP contribution < -0.4 is 5.32 Å². The molecule has 2 heterocycles. The summed E-state index contributed by atoms with van der Waals surface area (Å²) in [6.07, 6.45) is 1.19. The molecule has 1 saturated heterocycles. The van der Waals surface area contributed by atoms with Crippen molar-refractivity contribution >= 4 is 11.5 Å². The Labute approximate surface area is 106 Å². The molecule has 17 heavy (non-hydrogen) atoms. The molecule has 5 nitrogen and oxygen atoms in total. The number of rotatable bonds is 6. The van der Waals surface area contributed by atoms with E-state index < -0.39 is 0 Å². The Morgan fingerprint density at radius 3 is 2.94 bits per heavy atom. The summed E-state index contributed by atoms with van der Waals surface area (Å²) in [4.78, 5) is 3.71. The standard InChI is InChI=1S/C11H20N4OS/c1-10-11(17-14-13-10)9-12-3-2-4-15-5-7-16-8-6-15/h12H,2-9H2,1H3. The van der Waals surface area contributed by atoms with Crippen LogP contribution in [0, 0.1) is 6.92 Å². The average molecular weight is 256 g/mol. The van der Waals surface area contributed by atoms with Gasteiger partial charge in [-0.1, -0.05) is 4.49 Å². The highest BCUT2D eigenvalue weighted by molar-refractivity contribution is 7.05. The summed E-state index contributed by atoms with van der Waals surface area (Å²) in [6, 6.07) is 0. The van der Waals surface area contributed by atoms with Crippen LogP contribution in [0.2, 0.25) is 0 Å². The Bertz CT molecular complexity index is 325. The number of hydrogen-bond donors (Lipinski definition) is 1. The molecule has 1 aliphatic rings. The Morgan fingerprint density at radius 1 is 1.41 bits per heavy atom. The number of hydrogen-bond acceptors (Lipinski definition) is 6. The first-order chi connectivity index (χ1) is 8.36. The van der Waals surface area contributed by atoms with Crippen molar-refractivity contribution in [3.63, 3.8) is 0 Å². The lowest BCUT2D eigenvalue weighted by molar-refractivity contribution is 0.0374. The van der Waals surface area contributed by atoms with Crippen molar-refractivity contribution in [3.05, 3.63) is 10.6 Å². The normalized spacial score (nSPS) is 17.5. The molecule has 0 spiro atoms. The Morgan fingerprint density at radius 2 is 2.24 bits per heavy atom. The molecule has 1 N–H and O–H groups in total. The van der Waals surface area contributed by atoms with Gasteiger partial charge in [-0.3, -0.25) is 4.90 Å². The van der Waals surface area contributed by atoms with Crippen molar-refractivity contribution in [2.45, 2.75) is 19.9 Å². The monoisotopic (exact) mass is 256 g/mol. The number of aromatic nitrogens is 2. The summed E-state index contributed by atoms with van der Waals surface area (Å²) in [7, 11) is 0. The zero-order chi connectivity index (χ0) is 11.9. The third-order valence-electron chi connectivity index (χ3n) is 2.96. The van der Waals surface area contributed by atoms with Crippen molar-refractivity contribution in [2.24, 2.45) is 0 Å². The van der Waals surface area contributed by atoms with Crippen LogP contribution in [0.15, 0.2) is 0 Å². The summed E-state index contributed by atoms with van der Waals surface area (Å²) in [5.74, 6) is 0. The van der Waals surface area contributed by atoms with Crippen LogP contribution in [0.3, 0.4) is 0 Å². The first-order valence-corrected chi connectivity index (χ1v) is 6.92. The molecule has 0 atom stereocenters. The van der Waals surface area contributed by atoms with Gasteiger partial charge < -0.3 is 10.1 Å². The lowest BCUT2D eigenvalue weighted by atomic mass is 10.3. The number of nitrogens with one attached hydrogen (secondary N) is 1. The van der Waals surface area contributed by atoms with Crippen LogP contribution in [-0.2, 0) is 11.3 Å². The number of ether oxygens (including phenoxy) is 1. The first kappa shape index (κ1) is 12.9. The topological polar surface area (TPSA) is 50.3 Å². The van der Waals surface area contributed by atoms with Gasteiger partial charge in [-0.2, -0.15) is 0 Å². The maximum atomic E-state index is 5.32. The molecule has 0 aliphatic carbocycles. The van der Waals surface area contributed by atoms with Crippen LogP contribution in [0.1, 0.15) is 17.0 Å². The van der Waals surface area contributed by atoms with E-state index in [2.05, 4.69) is 19.8 Å². The predicted octanol–water partition coefficient (Wildman–Crippen LogP) is 0.658. The number of aryl methyl sites for hydroxylation is 1. The van der Waals surface area contributed by atoms with Gasteiger partial charge in [0, 0.05) is 19.6 Å². The van der Waals surface area contributed by atoms with Gasteiger partial charge in [-0.15, -0.1) is 5.10 Å². The minimum atomic E-state index is 0.888. The molecular formula is C11H20N4OS. The number of morpholine rings is 1. The van der Waals surface area contributed by atoms with Crippen molar-refractivity contribution < 1.29 is 4.74 Å². The van der Waals surface area contributed by atoms with E-state index in [0.29, 0.717) is 0 Å². The van der Waals surface area contributed by atoms with Gasteiger partial charge in [-0.05, 0) is 38.0 Å². The molecule has 0 bridgehead atoms. The first-order valence-electron chi connectivity index (χ1n) is 6.15. The van der Waals surface area contributed by atoms with Gasteiger partial charge >= 0.3 is 0 Å². The van der Waals surface area contributed by atoms with E-state index in [-0.39, 0.29) is 0 Å². The number of nitrogens with zero attached hydrogens (tertiary/aromatic N) is 3. The zero-order valence-corrected chi connectivity index (χ0v) is 11.1. The van der Waals surface area contributed by atoms with E-state index in [4.69, 9.17) is 4.74 Å². The molecule has 1 aliphatic heterocycles. The highest BCUT2D eigenvalue weighted by Gasteiger charge is 2.09. The second-order valence-corrected chi connectivity index (χ2v) is 5.10. The zero-order valence-electron chi connectivity index (χ0n) is 10.3. The largest absolute Gasteiger partial charge is 0.379 e. The van der Waals surface area contributed by atoms with Crippen LogP contribution in [-0.4, -0.2) is 53.9 Å². The maximum Gasteiger partial charge on any atom is 0.0769 e. The lowest BCUT2D eigenvalue weighted by Gasteiger charge is -2.26. The van der Waals surface area contributed by atoms with Gasteiger partial charge in [0.1, 0.15) is 0 Å². The quantitative estimate of drug-likeness (QED) is 0.758. The van der Waals surface area contributed by atoms with E-state index in [1.807, 2.05) is 6.92 Å². The SMILES string of the molecule is Cc1nnsc1CNCCCN1CCOCC1. The Hall–Kier alpha value is -0.560. The molecule has 96 valence electrons. The Balaban J connectivity index is 1.53. The van der Waals surface area contributed by atoms with Gasteiger partial charge in [-0.25, -0.2) is 0 Å². The third-order valence-corrected chi connectivity index (χ3v) is 3.79. The van der Waals surface area contributed by atoms with Crippen molar-refractivity contribution in [3.8, 4) is 0 Å². The minimum absolute atomic E-state index is 0.888. The third kappa shape index (κ3) is 4.31. The highest BCUT2D eigenvalue weighted by Crippen LogP contribution is 2.07. The van der Waals surface area contributed by atoms with E-state index in [1.165, 1.54) is 22.8 Å². The molecule has 0 amide bonds. The van der Waals surface area contributed by atoms with E-state index >= 15 is 0 Å². The van der Waals surface area contributed by atoms with Crippen molar-refractivity contribution in [1.29, 1.82) is 0 Å². The fraction of sp³-hybridized carbons (Fsp3) is 0.818. The fourth-order valence-corrected chi connectivity index (χ4v) is 2.47. The van der Waals surface area contributed by atoms with E-state index in [9.17, 15) is 0 Å². The second-order valence-electron chi connectivity index (χ2n) is 4.27. The molecule has 0 radical (unpaired) electrons.